The first kappa shape index (κ1) is 10.5. The molecule has 1 saturated heterocycles. The van der Waals surface area contributed by atoms with Gasteiger partial charge in [0.15, 0.2) is 0 Å². The summed E-state index contributed by atoms with van der Waals surface area (Å²) < 4.78 is 26.7. The predicted molar refractivity (Wildman–Crippen MR) is 52.3 cm³/mol. The summed E-state index contributed by atoms with van der Waals surface area (Å²) in [7, 11) is 0. The Labute approximate surface area is 86.9 Å². The van der Waals surface area contributed by atoms with Crippen LogP contribution in [-0.4, -0.2) is 17.7 Å². The SMILES string of the molecule is OC(c1c(F)cccc1F)C1CCCN1. The lowest BCUT2D eigenvalue weighted by Crippen LogP contribution is -2.29. The topological polar surface area (TPSA) is 32.3 Å². The van der Waals surface area contributed by atoms with Crippen LogP contribution >= 0.6 is 0 Å². The van der Waals surface area contributed by atoms with E-state index in [4.69, 9.17) is 0 Å². The number of aliphatic hydroxyl groups is 1. The minimum absolute atomic E-state index is 0.225. The number of halogens is 2. The summed E-state index contributed by atoms with van der Waals surface area (Å²) in [5, 5.41) is 12.9. The van der Waals surface area contributed by atoms with E-state index in [0.29, 0.717) is 0 Å². The molecule has 0 amide bonds. The monoisotopic (exact) mass is 213 g/mol. The van der Waals surface area contributed by atoms with Crippen molar-refractivity contribution in [1.29, 1.82) is 0 Å². The van der Waals surface area contributed by atoms with Crippen LogP contribution in [-0.2, 0) is 0 Å². The first-order chi connectivity index (χ1) is 7.20. The van der Waals surface area contributed by atoms with E-state index < -0.39 is 17.7 Å². The Balaban J connectivity index is 2.27. The van der Waals surface area contributed by atoms with Crippen LogP contribution in [0.3, 0.4) is 0 Å². The summed E-state index contributed by atoms with van der Waals surface area (Å²) >= 11 is 0. The van der Waals surface area contributed by atoms with Crippen LogP contribution < -0.4 is 5.32 Å². The molecule has 0 aromatic heterocycles. The molecular weight excluding hydrogens is 200 g/mol. The molecule has 0 spiro atoms. The highest BCUT2D eigenvalue weighted by Gasteiger charge is 2.28. The zero-order valence-corrected chi connectivity index (χ0v) is 8.21. The Morgan fingerprint density at radius 3 is 2.53 bits per heavy atom. The fourth-order valence-electron chi connectivity index (χ4n) is 1.98. The highest BCUT2D eigenvalue weighted by Crippen LogP contribution is 2.26. The van der Waals surface area contributed by atoms with Crippen LogP contribution in [0.25, 0.3) is 0 Å². The summed E-state index contributed by atoms with van der Waals surface area (Å²) in [5.41, 5.74) is -0.225. The van der Waals surface area contributed by atoms with Gasteiger partial charge in [-0.25, -0.2) is 8.78 Å². The van der Waals surface area contributed by atoms with Gasteiger partial charge in [-0.2, -0.15) is 0 Å². The van der Waals surface area contributed by atoms with Crippen molar-refractivity contribution in [1.82, 2.24) is 5.32 Å². The fraction of sp³-hybridized carbons (Fsp3) is 0.455. The van der Waals surface area contributed by atoms with Gasteiger partial charge in [-0.3, -0.25) is 0 Å². The molecule has 1 aromatic rings. The molecular formula is C11H13F2NO. The molecule has 1 aliphatic rings. The number of nitrogens with one attached hydrogen (secondary N) is 1. The van der Waals surface area contributed by atoms with E-state index in [-0.39, 0.29) is 11.6 Å². The second kappa shape index (κ2) is 4.24. The van der Waals surface area contributed by atoms with E-state index in [1.54, 1.807) is 0 Å². The van der Waals surface area contributed by atoms with Gasteiger partial charge in [-0.15, -0.1) is 0 Å². The molecule has 2 N–H and O–H groups in total. The van der Waals surface area contributed by atoms with Crippen molar-refractivity contribution in [2.24, 2.45) is 0 Å². The van der Waals surface area contributed by atoms with Gasteiger partial charge in [0.1, 0.15) is 11.6 Å². The molecule has 1 aliphatic heterocycles. The summed E-state index contributed by atoms with van der Waals surface area (Å²) in [6.45, 7) is 0.789. The third kappa shape index (κ3) is 2.01. The highest BCUT2D eigenvalue weighted by molar-refractivity contribution is 5.23. The maximum absolute atomic E-state index is 13.3. The van der Waals surface area contributed by atoms with Crippen LogP contribution in [0.5, 0.6) is 0 Å². The maximum atomic E-state index is 13.3. The lowest BCUT2D eigenvalue weighted by Gasteiger charge is -2.19. The van der Waals surface area contributed by atoms with Crippen LogP contribution in [0, 0.1) is 11.6 Å². The third-order valence-corrected chi connectivity index (χ3v) is 2.78. The third-order valence-electron chi connectivity index (χ3n) is 2.78. The summed E-state index contributed by atoms with van der Waals surface area (Å²) in [6, 6.07) is 3.38. The van der Waals surface area contributed by atoms with Crippen molar-refractivity contribution in [3.63, 3.8) is 0 Å². The Morgan fingerprint density at radius 1 is 1.33 bits per heavy atom. The van der Waals surface area contributed by atoms with Crippen molar-refractivity contribution in [3.8, 4) is 0 Å². The Kier molecular flexibility index (Phi) is 2.98. The van der Waals surface area contributed by atoms with Gasteiger partial charge >= 0.3 is 0 Å². The molecule has 82 valence electrons. The second-order valence-electron chi connectivity index (χ2n) is 3.78. The Morgan fingerprint density at radius 2 is 2.00 bits per heavy atom. The van der Waals surface area contributed by atoms with E-state index in [0.717, 1.165) is 31.5 Å². The molecule has 2 atom stereocenters. The van der Waals surface area contributed by atoms with Gasteiger partial charge in [0.05, 0.1) is 11.7 Å². The zero-order valence-electron chi connectivity index (χ0n) is 8.21. The van der Waals surface area contributed by atoms with Crippen molar-refractivity contribution in [2.75, 3.05) is 6.54 Å². The average molecular weight is 213 g/mol. The lowest BCUT2D eigenvalue weighted by molar-refractivity contribution is 0.129. The molecule has 2 unspecified atom stereocenters. The molecule has 1 aromatic carbocycles. The van der Waals surface area contributed by atoms with Crippen molar-refractivity contribution >= 4 is 0 Å². The maximum Gasteiger partial charge on any atom is 0.132 e. The quantitative estimate of drug-likeness (QED) is 0.784. The minimum atomic E-state index is -1.10. The smallest absolute Gasteiger partial charge is 0.132 e. The van der Waals surface area contributed by atoms with Gasteiger partial charge in [0, 0.05) is 6.04 Å². The minimum Gasteiger partial charge on any atom is -0.387 e. The second-order valence-corrected chi connectivity index (χ2v) is 3.78. The van der Waals surface area contributed by atoms with Gasteiger partial charge in [-0.1, -0.05) is 6.07 Å². The van der Waals surface area contributed by atoms with E-state index >= 15 is 0 Å². The van der Waals surface area contributed by atoms with Crippen molar-refractivity contribution < 1.29 is 13.9 Å². The van der Waals surface area contributed by atoms with Gasteiger partial charge in [0.25, 0.3) is 0 Å². The molecule has 4 heteroatoms. The molecule has 0 bridgehead atoms. The predicted octanol–water partition coefficient (Wildman–Crippen LogP) is 1.75. The number of rotatable bonds is 2. The molecule has 0 aliphatic carbocycles. The molecule has 2 rings (SSSR count). The molecule has 15 heavy (non-hydrogen) atoms. The summed E-state index contributed by atoms with van der Waals surface area (Å²) in [5.74, 6) is -1.37. The molecule has 1 fully saturated rings. The standard InChI is InChI=1S/C11H13F2NO/c12-7-3-1-4-8(13)10(7)11(15)9-5-2-6-14-9/h1,3-4,9,11,14-15H,2,5-6H2. The Bertz CT molecular complexity index is 330. The number of hydrogen-bond acceptors (Lipinski definition) is 2. The van der Waals surface area contributed by atoms with Crippen molar-refractivity contribution in [2.45, 2.75) is 25.0 Å². The number of benzene rings is 1. The highest BCUT2D eigenvalue weighted by atomic mass is 19.1. The van der Waals surface area contributed by atoms with Gasteiger partial charge in [-0.05, 0) is 31.5 Å². The van der Waals surface area contributed by atoms with E-state index in [2.05, 4.69) is 5.32 Å². The van der Waals surface area contributed by atoms with E-state index in [9.17, 15) is 13.9 Å². The number of aliphatic hydroxyl groups excluding tert-OH is 1. The molecule has 0 saturated carbocycles. The molecule has 2 nitrogen and oxygen atoms in total. The van der Waals surface area contributed by atoms with Crippen molar-refractivity contribution in [3.05, 3.63) is 35.4 Å². The lowest BCUT2D eigenvalue weighted by atomic mass is 10.00. The Hall–Kier alpha value is -1.00. The van der Waals surface area contributed by atoms with Crippen LogP contribution in [0.1, 0.15) is 24.5 Å². The largest absolute Gasteiger partial charge is 0.387 e. The van der Waals surface area contributed by atoms with Crippen LogP contribution in [0.2, 0.25) is 0 Å². The fourth-order valence-corrected chi connectivity index (χ4v) is 1.98. The van der Waals surface area contributed by atoms with Crippen LogP contribution in [0.15, 0.2) is 18.2 Å². The summed E-state index contributed by atoms with van der Waals surface area (Å²) in [6.07, 6.45) is 0.570. The van der Waals surface area contributed by atoms with E-state index in [1.165, 1.54) is 6.07 Å². The molecule has 0 radical (unpaired) electrons. The zero-order chi connectivity index (χ0) is 10.8. The average Bonchev–Trinajstić information content (AvgIpc) is 2.69. The van der Waals surface area contributed by atoms with Crippen LogP contribution in [0.4, 0.5) is 8.78 Å². The van der Waals surface area contributed by atoms with Gasteiger partial charge < -0.3 is 10.4 Å². The first-order valence-electron chi connectivity index (χ1n) is 5.05. The van der Waals surface area contributed by atoms with Gasteiger partial charge in [0.2, 0.25) is 0 Å². The first-order valence-corrected chi connectivity index (χ1v) is 5.05. The normalized spacial score (nSPS) is 23.0. The number of hydrogen-bond donors (Lipinski definition) is 2. The summed E-state index contributed by atoms with van der Waals surface area (Å²) in [4.78, 5) is 0. The molecule has 1 heterocycles. The van der Waals surface area contributed by atoms with E-state index in [1.807, 2.05) is 0 Å².